The largest absolute Gasteiger partial charge is 0.573 e. The molecule has 0 aliphatic carbocycles. The van der Waals surface area contributed by atoms with Gasteiger partial charge in [0.05, 0.1) is 29.6 Å². The van der Waals surface area contributed by atoms with Gasteiger partial charge >= 0.3 is 24.7 Å². The number of benzene rings is 2. The second-order valence-corrected chi connectivity index (χ2v) is 5.40. The van der Waals surface area contributed by atoms with E-state index in [1.54, 1.807) is 0 Å². The molecule has 0 fully saturated rings. The van der Waals surface area contributed by atoms with Crippen LogP contribution >= 0.6 is 0 Å². The number of alkyl halides is 6. The molecule has 170 valence electrons. The quantitative estimate of drug-likeness (QED) is 0.359. The van der Waals surface area contributed by atoms with Gasteiger partial charge in [-0.1, -0.05) is 0 Å². The summed E-state index contributed by atoms with van der Waals surface area (Å²) in [5.41, 5.74) is 9.54. The zero-order valence-corrected chi connectivity index (χ0v) is 15.4. The Bertz CT molecular complexity index is 946. The molecule has 0 amide bonds. The lowest BCUT2D eigenvalue weighted by Gasteiger charge is -2.11. The fourth-order valence-electron chi connectivity index (χ4n) is 1.87. The molecule has 0 unspecified atom stereocenters. The Morgan fingerprint density at radius 1 is 0.806 bits per heavy atom. The van der Waals surface area contributed by atoms with Crippen LogP contribution in [-0.4, -0.2) is 36.9 Å². The van der Waals surface area contributed by atoms with E-state index in [9.17, 15) is 35.9 Å². The molecule has 2 rings (SSSR count). The molecule has 14 heteroatoms. The van der Waals surface area contributed by atoms with Crippen LogP contribution in [0.25, 0.3) is 0 Å². The summed E-state index contributed by atoms with van der Waals surface area (Å²) in [6.07, 6.45) is -9.76. The number of halogens is 6. The van der Waals surface area contributed by atoms with Crippen molar-refractivity contribution in [2.75, 3.05) is 18.6 Å². The number of hydrogen-bond acceptors (Lipinski definition) is 7. The minimum absolute atomic E-state index is 0.0732. The molecule has 5 N–H and O–H groups in total. The number of carbonyl (C=O) groups excluding carboxylic acids is 1. The first-order valence-corrected chi connectivity index (χ1v) is 7.75. The van der Waals surface area contributed by atoms with E-state index in [0.29, 0.717) is 6.07 Å². The van der Waals surface area contributed by atoms with Gasteiger partial charge in [0.15, 0.2) is 11.5 Å². The van der Waals surface area contributed by atoms with Gasteiger partial charge in [-0.05, 0) is 36.4 Å². The molecule has 0 atom stereocenters. The molecule has 0 aliphatic rings. The Hall–Kier alpha value is -3.84. The minimum Gasteiger partial charge on any atom is -0.478 e. The van der Waals surface area contributed by atoms with Gasteiger partial charge in [-0.2, -0.15) is 0 Å². The molecule has 2 aromatic carbocycles. The molecular formula is C17H14F6N2O6. The van der Waals surface area contributed by atoms with E-state index < -0.39 is 36.2 Å². The highest BCUT2D eigenvalue weighted by atomic mass is 19.4. The number of esters is 1. The average Bonchev–Trinajstić information content (AvgIpc) is 2.63. The van der Waals surface area contributed by atoms with Gasteiger partial charge in [-0.25, -0.2) is 9.59 Å². The molecule has 0 bridgehead atoms. The zero-order valence-electron chi connectivity index (χ0n) is 15.4. The second kappa shape index (κ2) is 9.77. The summed E-state index contributed by atoms with van der Waals surface area (Å²) in [6, 6.07) is 6.07. The zero-order chi connectivity index (χ0) is 24.0. The topological polar surface area (TPSA) is 134 Å². The summed E-state index contributed by atoms with van der Waals surface area (Å²) in [5, 5.41) is 8.52. The smallest absolute Gasteiger partial charge is 0.478 e. The lowest BCUT2D eigenvalue weighted by Crippen LogP contribution is -2.18. The first-order valence-electron chi connectivity index (χ1n) is 7.75. The molecule has 0 saturated heterocycles. The number of aromatic carboxylic acids is 1. The molecule has 0 aromatic heterocycles. The van der Waals surface area contributed by atoms with Gasteiger partial charge in [0.2, 0.25) is 0 Å². The van der Waals surface area contributed by atoms with E-state index in [1.807, 2.05) is 0 Å². The number of nitrogen functional groups attached to an aromatic ring is 2. The fourth-order valence-corrected chi connectivity index (χ4v) is 1.87. The first kappa shape index (κ1) is 25.2. The van der Waals surface area contributed by atoms with E-state index in [-0.39, 0.29) is 22.5 Å². The van der Waals surface area contributed by atoms with Crippen LogP contribution in [0.2, 0.25) is 0 Å². The van der Waals surface area contributed by atoms with Crippen LogP contribution in [0.4, 0.5) is 37.7 Å². The van der Waals surface area contributed by atoms with Crippen molar-refractivity contribution in [2.24, 2.45) is 0 Å². The molecule has 0 heterocycles. The van der Waals surface area contributed by atoms with Crippen molar-refractivity contribution in [2.45, 2.75) is 12.7 Å². The summed E-state index contributed by atoms with van der Waals surface area (Å²) in [5.74, 6) is -3.48. The monoisotopic (exact) mass is 456 g/mol. The van der Waals surface area contributed by atoms with Crippen molar-refractivity contribution in [3.8, 4) is 11.5 Å². The molecule has 0 radical (unpaired) electrons. The Kier molecular flexibility index (Phi) is 7.94. The number of rotatable bonds is 4. The van der Waals surface area contributed by atoms with Crippen LogP contribution in [-0.2, 0) is 4.74 Å². The van der Waals surface area contributed by atoms with E-state index in [1.165, 1.54) is 6.07 Å². The molecule has 0 spiro atoms. The van der Waals surface area contributed by atoms with Gasteiger partial charge in [0.1, 0.15) is 0 Å². The summed E-state index contributed by atoms with van der Waals surface area (Å²) >= 11 is 0. The lowest BCUT2D eigenvalue weighted by molar-refractivity contribution is -0.275. The number of methoxy groups -OCH3 is 1. The van der Waals surface area contributed by atoms with E-state index in [4.69, 9.17) is 16.6 Å². The van der Waals surface area contributed by atoms with E-state index in [2.05, 4.69) is 14.2 Å². The van der Waals surface area contributed by atoms with Crippen LogP contribution < -0.4 is 20.9 Å². The van der Waals surface area contributed by atoms with Crippen LogP contribution in [0.15, 0.2) is 36.4 Å². The summed E-state index contributed by atoms with van der Waals surface area (Å²) in [4.78, 5) is 21.5. The number of carboxylic acid groups (broad SMARTS) is 1. The predicted molar refractivity (Wildman–Crippen MR) is 93.4 cm³/mol. The normalized spacial score (nSPS) is 11.1. The van der Waals surface area contributed by atoms with Crippen LogP contribution in [0.5, 0.6) is 11.5 Å². The van der Waals surface area contributed by atoms with Gasteiger partial charge in [0, 0.05) is 0 Å². The lowest BCUT2D eigenvalue weighted by atomic mass is 10.2. The SMILES string of the molecule is COC(=O)c1ccc(N)c(OC(F)(F)F)c1.Nc1ccc(C(=O)O)cc1OC(F)(F)F. The van der Waals surface area contributed by atoms with Crippen molar-refractivity contribution in [1.29, 1.82) is 0 Å². The third-order valence-electron chi connectivity index (χ3n) is 3.15. The average molecular weight is 456 g/mol. The van der Waals surface area contributed by atoms with Crippen molar-refractivity contribution in [3.05, 3.63) is 47.5 Å². The minimum atomic E-state index is -4.90. The maximum atomic E-state index is 11.9. The summed E-state index contributed by atoms with van der Waals surface area (Å²) in [6.45, 7) is 0. The Balaban J connectivity index is 0.000000311. The molecule has 2 aromatic rings. The summed E-state index contributed by atoms with van der Waals surface area (Å²) < 4.78 is 82.8. The van der Waals surface area contributed by atoms with Gasteiger partial charge < -0.3 is 30.8 Å². The Morgan fingerprint density at radius 3 is 1.55 bits per heavy atom. The fraction of sp³-hybridized carbons (Fsp3) is 0.176. The highest BCUT2D eigenvalue weighted by molar-refractivity contribution is 5.90. The van der Waals surface area contributed by atoms with Crippen LogP contribution in [0.3, 0.4) is 0 Å². The highest BCUT2D eigenvalue weighted by Crippen LogP contribution is 2.30. The van der Waals surface area contributed by atoms with Crippen LogP contribution in [0.1, 0.15) is 20.7 Å². The van der Waals surface area contributed by atoms with Gasteiger partial charge in [-0.3, -0.25) is 0 Å². The maximum Gasteiger partial charge on any atom is 0.573 e. The van der Waals surface area contributed by atoms with Gasteiger partial charge in [-0.15, -0.1) is 26.3 Å². The number of carboxylic acids is 1. The molecule has 8 nitrogen and oxygen atoms in total. The van der Waals surface area contributed by atoms with Crippen LogP contribution in [0, 0.1) is 0 Å². The van der Waals surface area contributed by atoms with E-state index >= 15 is 0 Å². The van der Waals surface area contributed by atoms with Gasteiger partial charge in [0.25, 0.3) is 0 Å². The number of nitrogens with two attached hydrogens (primary N) is 2. The maximum absolute atomic E-state index is 11.9. The molecular weight excluding hydrogens is 442 g/mol. The van der Waals surface area contributed by atoms with Crippen molar-refractivity contribution < 1.29 is 55.2 Å². The number of ether oxygens (including phenoxy) is 3. The first-order chi connectivity index (χ1) is 14.1. The Labute approximate surface area is 169 Å². The molecule has 0 saturated carbocycles. The van der Waals surface area contributed by atoms with Crippen molar-refractivity contribution in [3.63, 3.8) is 0 Å². The number of anilines is 2. The highest BCUT2D eigenvalue weighted by Gasteiger charge is 2.33. The predicted octanol–water partition coefficient (Wildman–Crippen LogP) is 3.82. The molecule has 31 heavy (non-hydrogen) atoms. The third kappa shape index (κ3) is 8.59. The van der Waals surface area contributed by atoms with E-state index in [0.717, 1.165) is 31.4 Å². The Morgan fingerprint density at radius 2 is 1.19 bits per heavy atom. The third-order valence-corrected chi connectivity index (χ3v) is 3.15. The standard InChI is InChI=1S/C9H8F3NO3.C8H6F3NO3/c1-15-8(14)5-2-3-6(13)7(4-5)16-9(10,11)12;9-8(10,11)15-6-3-4(7(13)14)1-2-5(6)12/h2-4H,13H2,1H3;1-3H,12H2,(H,13,14). The number of carbonyl (C=O) groups is 2. The number of hydrogen-bond donors (Lipinski definition) is 3. The van der Waals surface area contributed by atoms with Crippen molar-refractivity contribution in [1.82, 2.24) is 0 Å². The van der Waals surface area contributed by atoms with Crippen molar-refractivity contribution >= 4 is 23.3 Å². The summed E-state index contributed by atoms with van der Waals surface area (Å²) in [7, 11) is 1.11. The second-order valence-electron chi connectivity index (χ2n) is 5.40. The molecule has 0 aliphatic heterocycles.